The van der Waals surface area contributed by atoms with Gasteiger partial charge in [0.2, 0.25) is 10.0 Å². The number of hydrogen-bond donors (Lipinski definition) is 1. The number of aromatic nitrogens is 4. The Morgan fingerprint density at radius 1 is 1.38 bits per heavy atom. The van der Waals surface area contributed by atoms with Crippen LogP contribution in [-0.2, 0) is 16.6 Å². The molecule has 2 rings (SSSR count). The second kappa shape index (κ2) is 6.95. The highest BCUT2D eigenvalue weighted by molar-refractivity contribution is 7.89. The minimum atomic E-state index is -3.98. The van der Waals surface area contributed by atoms with Crippen molar-refractivity contribution in [3.8, 4) is 5.69 Å². The lowest BCUT2D eigenvalue weighted by atomic mass is 10.1. The lowest BCUT2D eigenvalue weighted by Gasteiger charge is -2.13. The maximum Gasteiger partial charge on any atom is 0.368 e. The van der Waals surface area contributed by atoms with Crippen LogP contribution >= 0.6 is 11.6 Å². The van der Waals surface area contributed by atoms with Gasteiger partial charge in [0.15, 0.2) is 5.82 Å². The molecule has 0 saturated heterocycles. The van der Waals surface area contributed by atoms with Crippen molar-refractivity contribution in [3.63, 3.8) is 0 Å². The van der Waals surface area contributed by atoms with Gasteiger partial charge in [-0.3, -0.25) is 4.39 Å². The van der Waals surface area contributed by atoms with Gasteiger partial charge in [-0.2, -0.15) is 9.36 Å². The van der Waals surface area contributed by atoms with E-state index in [-0.39, 0.29) is 29.2 Å². The fourth-order valence-electron chi connectivity index (χ4n) is 1.98. The Balaban J connectivity index is 2.56. The van der Waals surface area contributed by atoms with Gasteiger partial charge in [0.1, 0.15) is 5.69 Å². The molecule has 1 unspecified atom stereocenters. The largest absolute Gasteiger partial charge is 0.368 e. The normalized spacial score (nSPS) is 13.2. The third-order valence-electron chi connectivity index (χ3n) is 3.37. The van der Waals surface area contributed by atoms with Crippen molar-refractivity contribution in [2.24, 2.45) is 5.14 Å². The van der Waals surface area contributed by atoms with E-state index in [9.17, 15) is 22.0 Å². The average molecular weight is 382 g/mol. The van der Waals surface area contributed by atoms with E-state index in [2.05, 4.69) is 10.4 Å². The van der Waals surface area contributed by atoms with Crippen LogP contribution in [0.1, 0.15) is 24.2 Å². The van der Waals surface area contributed by atoms with Gasteiger partial charge in [-0.05, 0) is 41.5 Å². The van der Waals surface area contributed by atoms with Crippen LogP contribution in [0.25, 0.3) is 5.69 Å². The number of hydrogen-bond acceptors (Lipinski definition) is 5. The molecule has 2 N–H and O–H groups in total. The molecule has 0 amide bonds. The Labute approximate surface area is 140 Å². The maximum atomic E-state index is 14.2. The summed E-state index contributed by atoms with van der Waals surface area (Å²) >= 11 is 5.87. The minimum Gasteiger partial charge on any atom is -0.251 e. The molecule has 0 bridgehead atoms. The van der Waals surface area contributed by atoms with Gasteiger partial charge in [0.05, 0.1) is 18.5 Å². The quantitative estimate of drug-likeness (QED) is 0.799. The Bertz CT molecular complexity index is 912. The summed E-state index contributed by atoms with van der Waals surface area (Å²) in [6.45, 7) is 0.606. The molecule has 0 aliphatic rings. The summed E-state index contributed by atoms with van der Waals surface area (Å²) in [5.74, 6) is -0.898. The number of nitrogens with zero attached hydrogens (tertiary/aromatic N) is 4. The lowest BCUT2D eigenvalue weighted by molar-refractivity contribution is 0.427. The van der Waals surface area contributed by atoms with Crippen molar-refractivity contribution in [1.29, 1.82) is 0 Å². The van der Waals surface area contributed by atoms with Crippen LogP contribution in [0, 0.1) is 5.82 Å². The highest BCUT2D eigenvalue weighted by Gasteiger charge is 2.24. The van der Waals surface area contributed by atoms with Crippen LogP contribution in [0.5, 0.6) is 0 Å². The molecule has 0 aliphatic carbocycles. The Morgan fingerprint density at radius 3 is 2.62 bits per heavy atom. The first-order valence-corrected chi connectivity index (χ1v) is 8.75. The Morgan fingerprint density at radius 2 is 2.04 bits per heavy atom. The predicted molar refractivity (Wildman–Crippen MR) is 82.7 cm³/mol. The van der Waals surface area contributed by atoms with E-state index < -0.39 is 33.5 Å². The van der Waals surface area contributed by atoms with Crippen molar-refractivity contribution in [3.05, 3.63) is 39.0 Å². The summed E-state index contributed by atoms with van der Waals surface area (Å²) < 4.78 is 50.8. The van der Waals surface area contributed by atoms with Gasteiger partial charge < -0.3 is 0 Å². The van der Waals surface area contributed by atoms with Crippen LogP contribution < -0.4 is 10.8 Å². The summed E-state index contributed by atoms with van der Waals surface area (Å²) in [5, 5.41) is 10.7. The van der Waals surface area contributed by atoms with E-state index in [1.165, 1.54) is 6.92 Å². The molecule has 0 aliphatic heterocycles. The summed E-state index contributed by atoms with van der Waals surface area (Å²) in [6.07, 6.45) is 0.0510. The zero-order valence-corrected chi connectivity index (χ0v) is 14.1. The predicted octanol–water partition coefficient (Wildman–Crippen LogP) is 0.931. The first-order chi connectivity index (χ1) is 11.2. The van der Waals surface area contributed by atoms with Crippen molar-refractivity contribution in [2.75, 3.05) is 6.67 Å². The van der Waals surface area contributed by atoms with Gasteiger partial charge >= 0.3 is 5.69 Å². The van der Waals surface area contributed by atoms with E-state index in [0.29, 0.717) is 4.68 Å². The topological polar surface area (TPSA) is 113 Å². The fourth-order valence-corrected chi connectivity index (χ4v) is 2.91. The van der Waals surface area contributed by atoms with Gasteiger partial charge in [-0.1, -0.05) is 11.6 Å². The molecule has 8 nitrogen and oxygen atoms in total. The third kappa shape index (κ3) is 3.62. The molecule has 1 aromatic carbocycles. The highest BCUT2D eigenvalue weighted by atomic mass is 35.5. The molecule has 1 aromatic heterocycles. The molecule has 24 heavy (non-hydrogen) atoms. The molecule has 2 aromatic rings. The molecule has 132 valence electrons. The van der Waals surface area contributed by atoms with Crippen molar-refractivity contribution >= 4 is 21.6 Å². The molecule has 12 heteroatoms. The van der Waals surface area contributed by atoms with Crippen molar-refractivity contribution in [1.82, 2.24) is 19.8 Å². The van der Waals surface area contributed by atoms with Crippen LogP contribution in [-0.4, -0.2) is 34.9 Å². The van der Waals surface area contributed by atoms with Gasteiger partial charge in [-0.15, -0.1) is 0 Å². The van der Waals surface area contributed by atoms with Gasteiger partial charge in [0.25, 0.3) is 0 Å². The number of rotatable bonds is 6. The van der Waals surface area contributed by atoms with Crippen molar-refractivity contribution < 1.29 is 17.2 Å². The molecule has 0 saturated carbocycles. The smallest absolute Gasteiger partial charge is 0.251 e. The molecular formula is C12H14ClF2N5O3S. The van der Waals surface area contributed by atoms with Crippen molar-refractivity contribution in [2.45, 2.75) is 25.1 Å². The first kappa shape index (κ1) is 18.5. The van der Waals surface area contributed by atoms with Crippen LogP contribution in [0.15, 0.2) is 16.9 Å². The molecular weight excluding hydrogens is 368 g/mol. The van der Waals surface area contributed by atoms with E-state index >= 15 is 0 Å². The second-order valence-corrected chi connectivity index (χ2v) is 7.29. The summed E-state index contributed by atoms with van der Waals surface area (Å²) in [4.78, 5) is 12.1. The molecule has 0 spiro atoms. The van der Waals surface area contributed by atoms with Gasteiger partial charge in [0, 0.05) is 5.02 Å². The second-order valence-electron chi connectivity index (χ2n) is 5.00. The molecule has 1 heterocycles. The fraction of sp³-hybridized carbons (Fsp3) is 0.417. The summed E-state index contributed by atoms with van der Waals surface area (Å²) in [7, 11) is -3.98. The molecule has 1 atom stereocenters. The van der Waals surface area contributed by atoms with Crippen LogP contribution in [0.4, 0.5) is 8.78 Å². The van der Waals surface area contributed by atoms with Crippen LogP contribution in [0.3, 0.4) is 0 Å². The van der Waals surface area contributed by atoms with E-state index in [0.717, 1.165) is 16.8 Å². The lowest BCUT2D eigenvalue weighted by Crippen LogP contribution is -2.26. The van der Waals surface area contributed by atoms with E-state index in [1.54, 1.807) is 0 Å². The molecule has 0 radical (unpaired) electrons. The number of nitrogens with two attached hydrogens (primary N) is 1. The average Bonchev–Trinajstić information content (AvgIpc) is 2.85. The van der Waals surface area contributed by atoms with Gasteiger partial charge in [-0.25, -0.2) is 22.7 Å². The number of benzene rings is 1. The maximum absolute atomic E-state index is 14.2. The number of sulfonamides is 1. The van der Waals surface area contributed by atoms with E-state index in [4.69, 9.17) is 16.7 Å². The number of halogens is 3. The number of aryl methyl sites for hydroxylation is 1. The minimum absolute atomic E-state index is 0.0146. The monoisotopic (exact) mass is 381 g/mol. The Kier molecular flexibility index (Phi) is 5.35. The van der Waals surface area contributed by atoms with E-state index in [1.807, 2.05) is 0 Å². The SMILES string of the molecule is CC(c1cc(-n2nnn(CCCF)c2=O)c(F)cc1Cl)S(N)(=O)=O. The number of alkyl halides is 1. The molecule has 0 fully saturated rings. The highest BCUT2D eigenvalue weighted by Crippen LogP contribution is 2.30. The van der Waals surface area contributed by atoms with Crippen LogP contribution in [0.2, 0.25) is 5.02 Å². The number of primary sulfonamides is 1. The third-order valence-corrected chi connectivity index (χ3v) is 4.93. The zero-order valence-electron chi connectivity index (χ0n) is 12.5. The summed E-state index contributed by atoms with van der Waals surface area (Å²) in [6, 6.07) is 1.93. The first-order valence-electron chi connectivity index (χ1n) is 6.76. The Hall–Kier alpha value is -1.85. The zero-order chi connectivity index (χ0) is 18.1. The summed E-state index contributed by atoms with van der Waals surface area (Å²) in [5.41, 5.74) is -1.11. The number of tetrazole rings is 1. The standard InChI is InChI=1S/C12H14ClF2N5O3S/c1-7(24(16,22)23)8-5-11(10(15)6-9(8)13)20-12(21)19(17-18-20)4-2-3-14/h5-7H,2-4H2,1H3,(H2,16,22,23).